The summed E-state index contributed by atoms with van der Waals surface area (Å²) in [5.74, 6) is 0.616. The number of fused-ring (bicyclic) bond motifs is 1. The van der Waals surface area contributed by atoms with Crippen LogP contribution in [0.3, 0.4) is 0 Å². The van der Waals surface area contributed by atoms with Crippen LogP contribution in [0.1, 0.15) is 17.2 Å². The summed E-state index contributed by atoms with van der Waals surface area (Å²) in [6.45, 7) is 1.59. The molecule has 3 rings (SSSR count). The minimum atomic E-state index is -0.0779. The molecule has 0 N–H and O–H groups in total. The fourth-order valence-corrected chi connectivity index (χ4v) is 2.36. The number of hydrogen-bond acceptors (Lipinski definition) is 4. The Balaban J connectivity index is 1.97. The Kier molecular flexibility index (Phi) is 3.36. The first-order valence-corrected chi connectivity index (χ1v) is 6.51. The topological polar surface area (TPSA) is 38.2 Å². The summed E-state index contributed by atoms with van der Waals surface area (Å²) in [6, 6.07) is 7.69. The summed E-state index contributed by atoms with van der Waals surface area (Å²) in [5, 5.41) is 0.452. The zero-order valence-electron chi connectivity index (χ0n) is 10.6. The second-order valence-corrected chi connectivity index (χ2v) is 5.08. The van der Waals surface area contributed by atoms with Gasteiger partial charge in [-0.3, -0.25) is 9.88 Å². The van der Waals surface area contributed by atoms with Crippen LogP contribution >= 0.6 is 11.6 Å². The molecule has 1 atom stereocenters. The maximum absolute atomic E-state index is 6.02. The molecule has 98 valence electrons. The van der Waals surface area contributed by atoms with Gasteiger partial charge in [-0.1, -0.05) is 17.7 Å². The van der Waals surface area contributed by atoms with Gasteiger partial charge in [0.1, 0.15) is 11.3 Å². The van der Waals surface area contributed by atoms with Gasteiger partial charge in [0.25, 0.3) is 0 Å². The number of halogens is 1. The average molecular weight is 276 g/mol. The average Bonchev–Trinajstić information content (AvgIpc) is 2.58. The van der Waals surface area contributed by atoms with E-state index in [1.54, 1.807) is 12.3 Å². The zero-order chi connectivity index (χ0) is 13.2. The summed E-state index contributed by atoms with van der Waals surface area (Å²) >= 11 is 5.94. The number of likely N-dealkylation sites (N-methyl/N-ethyl adjacent to an activating group) is 1. The van der Waals surface area contributed by atoms with Crippen molar-refractivity contribution >= 4 is 11.6 Å². The molecule has 1 aliphatic rings. The Bertz CT molecular complexity index is 576. The lowest BCUT2D eigenvalue weighted by atomic mass is 10.1. The fraction of sp³-hybridized carbons (Fsp3) is 0.286. The Morgan fingerprint density at radius 2 is 2.26 bits per heavy atom. The minimum Gasteiger partial charge on any atom is -0.468 e. The van der Waals surface area contributed by atoms with E-state index in [1.807, 2.05) is 24.4 Å². The predicted molar refractivity (Wildman–Crippen MR) is 73.2 cm³/mol. The molecule has 2 aromatic heterocycles. The van der Waals surface area contributed by atoms with Crippen LogP contribution in [-0.2, 0) is 6.54 Å². The minimum absolute atomic E-state index is 0.0779. The van der Waals surface area contributed by atoms with Gasteiger partial charge in [0, 0.05) is 36.6 Å². The van der Waals surface area contributed by atoms with Crippen molar-refractivity contribution in [2.24, 2.45) is 0 Å². The van der Waals surface area contributed by atoms with Crippen molar-refractivity contribution in [3.05, 3.63) is 52.9 Å². The molecule has 2 aromatic rings. The van der Waals surface area contributed by atoms with Crippen molar-refractivity contribution in [3.63, 3.8) is 0 Å². The molecule has 0 bridgehead atoms. The van der Waals surface area contributed by atoms with Gasteiger partial charge in [-0.05, 0) is 25.2 Å². The van der Waals surface area contributed by atoms with Crippen LogP contribution in [0.25, 0.3) is 0 Å². The molecule has 1 unspecified atom stereocenters. The molecule has 0 amide bonds. The van der Waals surface area contributed by atoms with E-state index in [-0.39, 0.29) is 6.10 Å². The number of hydrogen-bond donors (Lipinski definition) is 0. The van der Waals surface area contributed by atoms with E-state index in [9.17, 15) is 0 Å². The Hall–Kier alpha value is -1.65. The SMILES string of the molecule is CN1Cc2ccc(Cl)nc2OC(c2cccnc2)C1. The maximum atomic E-state index is 6.02. The third-order valence-electron chi connectivity index (χ3n) is 3.13. The predicted octanol–water partition coefficient (Wildman–Crippen LogP) is 2.70. The largest absolute Gasteiger partial charge is 0.468 e. The fourth-order valence-electron chi connectivity index (χ4n) is 2.22. The Morgan fingerprint density at radius 3 is 3.05 bits per heavy atom. The Morgan fingerprint density at radius 1 is 1.37 bits per heavy atom. The summed E-state index contributed by atoms with van der Waals surface area (Å²) in [7, 11) is 2.07. The second-order valence-electron chi connectivity index (χ2n) is 4.69. The molecule has 0 aliphatic carbocycles. The summed E-state index contributed by atoms with van der Waals surface area (Å²) < 4.78 is 6.02. The van der Waals surface area contributed by atoms with E-state index in [0.717, 1.165) is 24.2 Å². The molecule has 19 heavy (non-hydrogen) atoms. The molecule has 5 heteroatoms. The van der Waals surface area contributed by atoms with Crippen LogP contribution in [0.15, 0.2) is 36.7 Å². The third kappa shape index (κ3) is 2.69. The number of rotatable bonds is 1. The van der Waals surface area contributed by atoms with E-state index in [1.165, 1.54) is 0 Å². The smallest absolute Gasteiger partial charge is 0.219 e. The first-order valence-electron chi connectivity index (χ1n) is 6.13. The number of pyridine rings is 2. The monoisotopic (exact) mass is 275 g/mol. The molecule has 0 fully saturated rings. The van der Waals surface area contributed by atoms with E-state index < -0.39 is 0 Å². The quantitative estimate of drug-likeness (QED) is 0.750. The van der Waals surface area contributed by atoms with Crippen LogP contribution in [0, 0.1) is 0 Å². The summed E-state index contributed by atoms with van der Waals surface area (Å²) in [5.41, 5.74) is 2.10. The molecule has 0 radical (unpaired) electrons. The van der Waals surface area contributed by atoms with Gasteiger partial charge in [-0.15, -0.1) is 0 Å². The highest BCUT2D eigenvalue weighted by Crippen LogP contribution is 2.29. The van der Waals surface area contributed by atoms with Crippen molar-refractivity contribution in [1.82, 2.24) is 14.9 Å². The molecule has 0 saturated carbocycles. The number of aromatic nitrogens is 2. The van der Waals surface area contributed by atoms with Gasteiger partial charge in [0.05, 0.1) is 0 Å². The summed E-state index contributed by atoms with van der Waals surface area (Å²) in [4.78, 5) is 10.6. The van der Waals surface area contributed by atoms with Gasteiger partial charge in [0.15, 0.2) is 0 Å². The number of ether oxygens (including phenoxy) is 1. The third-order valence-corrected chi connectivity index (χ3v) is 3.34. The van der Waals surface area contributed by atoms with Gasteiger partial charge in [0.2, 0.25) is 5.88 Å². The molecule has 1 aliphatic heterocycles. The van der Waals surface area contributed by atoms with E-state index in [4.69, 9.17) is 16.3 Å². The highest BCUT2D eigenvalue weighted by molar-refractivity contribution is 6.29. The van der Waals surface area contributed by atoms with E-state index >= 15 is 0 Å². The van der Waals surface area contributed by atoms with Crippen molar-refractivity contribution in [2.75, 3.05) is 13.6 Å². The van der Waals surface area contributed by atoms with Crippen molar-refractivity contribution in [2.45, 2.75) is 12.6 Å². The van der Waals surface area contributed by atoms with Crippen LogP contribution in [0.4, 0.5) is 0 Å². The highest BCUT2D eigenvalue weighted by Gasteiger charge is 2.23. The second kappa shape index (κ2) is 5.15. The van der Waals surface area contributed by atoms with Crippen molar-refractivity contribution < 1.29 is 4.74 Å². The lowest BCUT2D eigenvalue weighted by Gasteiger charge is -2.19. The first-order chi connectivity index (χ1) is 9.22. The van der Waals surface area contributed by atoms with Gasteiger partial charge in [-0.25, -0.2) is 4.98 Å². The van der Waals surface area contributed by atoms with E-state index in [0.29, 0.717) is 11.0 Å². The standard InChI is InChI=1S/C14H14ClN3O/c1-18-8-11-4-5-13(15)17-14(11)19-12(9-18)10-3-2-6-16-7-10/h2-7,12H,8-9H2,1H3. The molecule has 0 spiro atoms. The molecular weight excluding hydrogens is 262 g/mol. The highest BCUT2D eigenvalue weighted by atomic mass is 35.5. The van der Waals surface area contributed by atoms with Crippen LogP contribution < -0.4 is 4.74 Å². The van der Waals surface area contributed by atoms with Crippen LogP contribution in [0.5, 0.6) is 5.88 Å². The van der Waals surface area contributed by atoms with Gasteiger partial charge < -0.3 is 4.74 Å². The zero-order valence-corrected chi connectivity index (χ0v) is 11.3. The maximum Gasteiger partial charge on any atom is 0.219 e. The molecule has 4 nitrogen and oxygen atoms in total. The van der Waals surface area contributed by atoms with Crippen LogP contribution in [0.2, 0.25) is 5.15 Å². The summed E-state index contributed by atoms with van der Waals surface area (Å²) in [6.07, 6.45) is 3.51. The molecule has 0 saturated heterocycles. The van der Waals surface area contributed by atoms with Gasteiger partial charge in [-0.2, -0.15) is 0 Å². The van der Waals surface area contributed by atoms with Crippen LogP contribution in [-0.4, -0.2) is 28.5 Å². The van der Waals surface area contributed by atoms with Gasteiger partial charge >= 0.3 is 0 Å². The van der Waals surface area contributed by atoms with Crippen molar-refractivity contribution in [1.29, 1.82) is 0 Å². The lowest BCUT2D eigenvalue weighted by molar-refractivity contribution is 0.159. The van der Waals surface area contributed by atoms with Crippen molar-refractivity contribution in [3.8, 4) is 5.88 Å². The Labute approximate surface area is 117 Å². The first kappa shape index (κ1) is 12.4. The van der Waals surface area contributed by atoms with E-state index in [2.05, 4.69) is 21.9 Å². The number of nitrogens with zero attached hydrogens (tertiary/aromatic N) is 3. The molecular formula is C14H14ClN3O. The molecule has 0 aromatic carbocycles. The lowest BCUT2D eigenvalue weighted by Crippen LogP contribution is -2.24. The molecule has 3 heterocycles. The normalized spacial score (nSPS) is 19.4.